The molecule has 0 aliphatic carbocycles. The Kier molecular flexibility index (Phi) is 4.29. The molecule has 0 bridgehead atoms. The summed E-state index contributed by atoms with van der Waals surface area (Å²) in [7, 11) is -1.81. The fourth-order valence-corrected chi connectivity index (χ4v) is 2.99. The van der Waals surface area contributed by atoms with Crippen LogP contribution in [0.2, 0.25) is 5.28 Å². The quantitative estimate of drug-likeness (QED) is 0.715. The Hall–Kier alpha value is -2.38. The van der Waals surface area contributed by atoms with E-state index in [-0.39, 0.29) is 5.28 Å². The van der Waals surface area contributed by atoms with Gasteiger partial charge in [-0.05, 0) is 35.4 Å². The van der Waals surface area contributed by atoms with Crippen LogP contribution in [0.25, 0.3) is 17.8 Å². The smallest absolute Gasteiger partial charge is 0.243 e. The van der Waals surface area contributed by atoms with E-state index >= 15 is 0 Å². The van der Waals surface area contributed by atoms with Gasteiger partial charge in [-0.3, -0.25) is 4.31 Å². The lowest BCUT2D eigenvalue weighted by Gasteiger charge is -2.18. The first-order valence-corrected chi connectivity index (χ1v) is 9.31. The van der Waals surface area contributed by atoms with E-state index in [0.29, 0.717) is 11.3 Å². The van der Waals surface area contributed by atoms with Crippen molar-refractivity contribution in [3.63, 3.8) is 0 Å². The molecule has 0 N–H and O–H groups in total. The summed E-state index contributed by atoms with van der Waals surface area (Å²) < 4.78 is 26.4. The normalized spacial score (nSPS) is 12.1. The third-order valence-corrected chi connectivity index (χ3v) is 4.93. The maximum atomic E-state index is 11.8. The number of fused-ring (bicyclic) bond motifs is 1. The molecule has 3 rings (SSSR count). The van der Waals surface area contributed by atoms with Gasteiger partial charge in [0.25, 0.3) is 0 Å². The number of hydrogen-bond acceptors (Lipinski definition) is 4. The van der Waals surface area contributed by atoms with Crippen molar-refractivity contribution >= 4 is 45.1 Å². The molecule has 0 saturated carbocycles. The van der Waals surface area contributed by atoms with Gasteiger partial charge < -0.3 is 0 Å². The zero-order valence-corrected chi connectivity index (χ0v) is 14.7. The van der Waals surface area contributed by atoms with Crippen LogP contribution in [-0.2, 0) is 10.0 Å². The molecule has 0 fully saturated rings. The van der Waals surface area contributed by atoms with Gasteiger partial charge in [-0.15, -0.1) is 5.10 Å². The molecule has 6 nitrogen and oxygen atoms in total. The molecule has 0 aliphatic heterocycles. The van der Waals surface area contributed by atoms with Gasteiger partial charge in [0.15, 0.2) is 5.65 Å². The number of benzene rings is 1. The van der Waals surface area contributed by atoms with Crippen LogP contribution in [0.4, 0.5) is 5.69 Å². The van der Waals surface area contributed by atoms with Crippen molar-refractivity contribution in [2.75, 3.05) is 17.6 Å². The van der Waals surface area contributed by atoms with Crippen LogP contribution in [0.3, 0.4) is 0 Å². The molecule has 0 aliphatic rings. The Morgan fingerprint density at radius 3 is 2.54 bits per heavy atom. The first-order valence-electron chi connectivity index (χ1n) is 7.08. The fourth-order valence-electron chi connectivity index (χ4n) is 2.30. The summed E-state index contributed by atoms with van der Waals surface area (Å²) in [5.41, 5.74) is 2.84. The standard InChI is InChI=1S/C16H15ClN4O2S/c1-20(24(2,22)23)14-8-4-3-6-12(14)9-10-13-7-5-11-21-15(13)18-16(17)19-21/h3-11H,1-2H3/b10-9+. The minimum absolute atomic E-state index is 0.174. The molecule has 24 heavy (non-hydrogen) atoms. The maximum Gasteiger partial charge on any atom is 0.243 e. The van der Waals surface area contributed by atoms with Crippen molar-refractivity contribution in [2.45, 2.75) is 0 Å². The highest BCUT2D eigenvalue weighted by molar-refractivity contribution is 7.92. The van der Waals surface area contributed by atoms with Gasteiger partial charge in [0.05, 0.1) is 11.9 Å². The minimum Gasteiger partial charge on any atom is -0.273 e. The molecule has 124 valence electrons. The molecule has 3 aromatic rings. The summed E-state index contributed by atoms with van der Waals surface area (Å²) in [6, 6.07) is 11.0. The molecule has 1 aromatic carbocycles. The lowest BCUT2D eigenvalue weighted by atomic mass is 10.1. The van der Waals surface area contributed by atoms with Crippen LogP contribution in [0.5, 0.6) is 0 Å². The summed E-state index contributed by atoms with van der Waals surface area (Å²) in [6.07, 6.45) is 6.63. The van der Waals surface area contributed by atoms with Crippen molar-refractivity contribution in [1.82, 2.24) is 14.6 Å². The SMILES string of the molecule is CN(c1ccccc1/C=C/c1cccn2nc(Cl)nc12)S(C)(=O)=O. The average molecular weight is 363 g/mol. The Morgan fingerprint density at radius 2 is 1.79 bits per heavy atom. The predicted octanol–water partition coefficient (Wildman–Crippen LogP) is 2.95. The number of pyridine rings is 1. The summed E-state index contributed by atoms with van der Waals surface area (Å²) in [5.74, 6) is 0. The third-order valence-electron chi connectivity index (χ3n) is 3.58. The molecule has 2 aromatic heterocycles. The van der Waals surface area contributed by atoms with Gasteiger partial charge >= 0.3 is 0 Å². The van der Waals surface area contributed by atoms with Crippen LogP contribution in [0, 0.1) is 0 Å². The van der Waals surface area contributed by atoms with Crippen LogP contribution < -0.4 is 4.31 Å². The van der Waals surface area contributed by atoms with E-state index in [1.54, 1.807) is 22.8 Å². The number of sulfonamides is 1. The summed E-state index contributed by atoms with van der Waals surface area (Å²) in [5, 5.41) is 4.23. The Balaban J connectivity index is 2.03. The van der Waals surface area contributed by atoms with Crippen molar-refractivity contribution in [3.8, 4) is 0 Å². The highest BCUT2D eigenvalue weighted by Gasteiger charge is 2.14. The second-order valence-electron chi connectivity index (χ2n) is 5.24. The van der Waals surface area contributed by atoms with Crippen molar-refractivity contribution in [2.24, 2.45) is 0 Å². The first kappa shape index (κ1) is 16.5. The molecule has 0 unspecified atom stereocenters. The molecular weight excluding hydrogens is 348 g/mol. The van der Waals surface area contributed by atoms with E-state index < -0.39 is 10.0 Å². The van der Waals surface area contributed by atoms with Gasteiger partial charge in [-0.25, -0.2) is 12.9 Å². The van der Waals surface area contributed by atoms with E-state index in [0.717, 1.165) is 11.1 Å². The summed E-state index contributed by atoms with van der Waals surface area (Å²) in [4.78, 5) is 4.18. The topological polar surface area (TPSA) is 67.6 Å². The predicted molar refractivity (Wildman–Crippen MR) is 96.6 cm³/mol. The molecule has 2 heterocycles. The van der Waals surface area contributed by atoms with Crippen LogP contribution in [0.1, 0.15) is 11.1 Å². The van der Waals surface area contributed by atoms with E-state index in [1.807, 2.05) is 36.4 Å². The molecule has 0 spiro atoms. The number of hydrogen-bond donors (Lipinski definition) is 0. The van der Waals surface area contributed by atoms with E-state index in [1.165, 1.54) is 17.6 Å². The summed E-state index contributed by atoms with van der Waals surface area (Å²) >= 11 is 5.85. The number of halogens is 1. The molecule has 8 heteroatoms. The fraction of sp³-hybridized carbons (Fsp3) is 0.125. The summed E-state index contributed by atoms with van der Waals surface area (Å²) in [6.45, 7) is 0. The molecule has 0 radical (unpaired) electrons. The number of rotatable bonds is 4. The third kappa shape index (κ3) is 3.27. The van der Waals surface area contributed by atoms with Gasteiger partial charge in [0.1, 0.15) is 0 Å². The maximum absolute atomic E-state index is 11.8. The van der Waals surface area contributed by atoms with E-state index in [4.69, 9.17) is 11.6 Å². The average Bonchev–Trinajstić information content (AvgIpc) is 2.92. The Morgan fingerprint density at radius 1 is 1.12 bits per heavy atom. The van der Waals surface area contributed by atoms with Crippen molar-refractivity contribution in [3.05, 3.63) is 59.0 Å². The van der Waals surface area contributed by atoms with Crippen molar-refractivity contribution < 1.29 is 8.42 Å². The van der Waals surface area contributed by atoms with Crippen LogP contribution in [0.15, 0.2) is 42.6 Å². The number of para-hydroxylation sites is 1. The van der Waals surface area contributed by atoms with E-state index in [2.05, 4.69) is 10.1 Å². The second kappa shape index (κ2) is 6.26. The Bertz CT molecular complexity index is 1030. The molecule has 0 saturated heterocycles. The molecule has 0 amide bonds. The molecule has 0 atom stereocenters. The van der Waals surface area contributed by atoms with Crippen LogP contribution in [-0.4, -0.2) is 36.3 Å². The Labute approximate surface area is 145 Å². The lowest BCUT2D eigenvalue weighted by molar-refractivity contribution is 0.600. The zero-order valence-electron chi connectivity index (χ0n) is 13.1. The highest BCUT2D eigenvalue weighted by atomic mass is 35.5. The van der Waals surface area contributed by atoms with Gasteiger partial charge in [-0.2, -0.15) is 4.98 Å². The van der Waals surface area contributed by atoms with Gasteiger partial charge in [0, 0.05) is 18.8 Å². The number of aromatic nitrogens is 3. The van der Waals surface area contributed by atoms with E-state index in [9.17, 15) is 8.42 Å². The minimum atomic E-state index is -3.34. The first-order chi connectivity index (χ1) is 11.4. The van der Waals surface area contributed by atoms with Gasteiger partial charge in [-0.1, -0.05) is 30.4 Å². The number of anilines is 1. The highest BCUT2D eigenvalue weighted by Crippen LogP contribution is 2.24. The van der Waals surface area contributed by atoms with Gasteiger partial charge in [0.2, 0.25) is 15.3 Å². The zero-order chi connectivity index (χ0) is 17.3. The monoisotopic (exact) mass is 362 g/mol. The lowest BCUT2D eigenvalue weighted by Crippen LogP contribution is -2.25. The number of nitrogens with zero attached hydrogens (tertiary/aromatic N) is 4. The van der Waals surface area contributed by atoms with Crippen LogP contribution >= 0.6 is 11.6 Å². The largest absolute Gasteiger partial charge is 0.273 e. The van der Waals surface area contributed by atoms with Crippen molar-refractivity contribution in [1.29, 1.82) is 0 Å². The second-order valence-corrected chi connectivity index (χ2v) is 7.59. The molecular formula is C16H15ClN4O2S.